The average molecular weight is 277 g/mol. The third-order valence-corrected chi connectivity index (χ3v) is 2.60. The molecule has 2 heterocycles. The van der Waals surface area contributed by atoms with E-state index in [1.165, 1.54) is 13.3 Å². The van der Waals surface area contributed by atoms with Gasteiger partial charge in [0.25, 0.3) is 5.56 Å². The zero-order chi connectivity index (χ0) is 14.7. The normalized spacial score (nSPS) is 10.2. The van der Waals surface area contributed by atoms with E-state index >= 15 is 0 Å². The zero-order valence-corrected chi connectivity index (χ0v) is 10.5. The highest BCUT2D eigenvalue weighted by molar-refractivity contribution is 5.86. The summed E-state index contributed by atoms with van der Waals surface area (Å²) in [5, 5.41) is 8.86. The van der Waals surface area contributed by atoms with Crippen LogP contribution in [0.15, 0.2) is 34.1 Å². The summed E-state index contributed by atoms with van der Waals surface area (Å²) < 4.78 is 6.05. The third-order valence-electron chi connectivity index (χ3n) is 2.60. The number of pyridine rings is 1. The van der Waals surface area contributed by atoms with E-state index in [9.17, 15) is 14.4 Å². The molecule has 0 fully saturated rings. The minimum Gasteiger partial charge on any atom is -0.481 e. The van der Waals surface area contributed by atoms with Crippen molar-refractivity contribution in [1.29, 1.82) is 0 Å². The molecule has 2 N–H and O–H groups in total. The lowest BCUT2D eigenvalue weighted by atomic mass is 10.2. The molecule has 0 unspecified atom stereocenters. The Morgan fingerprint density at radius 3 is 2.90 bits per heavy atom. The molecule has 0 aromatic carbocycles. The molecule has 104 valence electrons. The van der Waals surface area contributed by atoms with Gasteiger partial charge in [-0.1, -0.05) is 0 Å². The fourth-order valence-corrected chi connectivity index (χ4v) is 1.64. The summed E-state index contributed by atoms with van der Waals surface area (Å²) in [7, 11) is 1.46. The molecule has 0 aliphatic carbocycles. The first-order valence-corrected chi connectivity index (χ1v) is 5.57. The van der Waals surface area contributed by atoms with Crippen LogP contribution < -0.4 is 16.0 Å². The van der Waals surface area contributed by atoms with Crippen LogP contribution in [0.25, 0.3) is 0 Å². The van der Waals surface area contributed by atoms with E-state index in [2.05, 4.69) is 4.98 Å². The Morgan fingerprint density at radius 2 is 2.25 bits per heavy atom. The maximum atomic E-state index is 11.6. The monoisotopic (exact) mass is 277 g/mol. The van der Waals surface area contributed by atoms with Crippen molar-refractivity contribution in [2.24, 2.45) is 0 Å². The third kappa shape index (κ3) is 2.74. The molecule has 0 aliphatic rings. The first-order chi connectivity index (χ1) is 9.51. The van der Waals surface area contributed by atoms with E-state index in [-0.39, 0.29) is 6.54 Å². The molecule has 0 saturated heterocycles. The Kier molecular flexibility index (Phi) is 3.65. The molecule has 0 spiro atoms. The molecular formula is C12H11N3O5. The fourth-order valence-electron chi connectivity index (χ4n) is 1.64. The van der Waals surface area contributed by atoms with Gasteiger partial charge in [0.15, 0.2) is 0 Å². The molecule has 8 nitrogen and oxygen atoms in total. The Hall–Kier alpha value is -2.90. The number of aromatic amines is 1. The van der Waals surface area contributed by atoms with Crippen molar-refractivity contribution in [3.63, 3.8) is 0 Å². The largest absolute Gasteiger partial charge is 0.481 e. The van der Waals surface area contributed by atoms with Gasteiger partial charge < -0.3 is 9.84 Å². The van der Waals surface area contributed by atoms with Gasteiger partial charge in [-0.05, 0) is 11.6 Å². The Labute approximate surface area is 112 Å². The van der Waals surface area contributed by atoms with E-state index in [1.807, 2.05) is 4.98 Å². The van der Waals surface area contributed by atoms with E-state index in [0.717, 1.165) is 10.8 Å². The number of carbonyl (C=O) groups is 1. The summed E-state index contributed by atoms with van der Waals surface area (Å²) in [6.45, 7) is 0.0920. The van der Waals surface area contributed by atoms with Crippen LogP contribution >= 0.6 is 0 Å². The van der Waals surface area contributed by atoms with Crippen molar-refractivity contribution in [3.8, 4) is 5.88 Å². The molecule has 2 rings (SSSR count). The van der Waals surface area contributed by atoms with Crippen molar-refractivity contribution >= 4 is 5.97 Å². The number of H-pyrrole nitrogens is 1. The highest BCUT2D eigenvalue weighted by Crippen LogP contribution is 2.09. The maximum Gasteiger partial charge on any atom is 0.342 e. The fraction of sp³-hybridized carbons (Fsp3) is 0.167. The minimum atomic E-state index is -1.40. The number of aromatic nitrogens is 3. The van der Waals surface area contributed by atoms with Crippen LogP contribution in [0.4, 0.5) is 0 Å². The maximum absolute atomic E-state index is 11.6. The molecule has 2 aromatic heterocycles. The van der Waals surface area contributed by atoms with Gasteiger partial charge >= 0.3 is 11.7 Å². The summed E-state index contributed by atoms with van der Waals surface area (Å²) in [4.78, 5) is 39.7. The number of aromatic carboxylic acids is 1. The summed E-state index contributed by atoms with van der Waals surface area (Å²) in [5.74, 6) is -1.02. The van der Waals surface area contributed by atoms with Crippen LogP contribution in [-0.2, 0) is 6.54 Å². The molecule has 8 heteroatoms. The first-order valence-electron chi connectivity index (χ1n) is 5.57. The number of methoxy groups -OCH3 is 1. The van der Waals surface area contributed by atoms with Crippen molar-refractivity contribution in [2.75, 3.05) is 7.11 Å². The number of nitrogens with zero attached hydrogens (tertiary/aromatic N) is 2. The Bertz CT molecular complexity index is 762. The molecule has 2 aromatic rings. The second-order valence-corrected chi connectivity index (χ2v) is 3.94. The highest BCUT2D eigenvalue weighted by Gasteiger charge is 2.11. The first kappa shape index (κ1) is 13.5. The topological polar surface area (TPSA) is 114 Å². The van der Waals surface area contributed by atoms with E-state index in [1.54, 1.807) is 12.1 Å². The molecule has 0 amide bonds. The van der Waals surface area contributed by atoms with Gasteiger partial charge in [0, 0.05) is 18.5 Å². The minimum absolute atomic E-state index is 0.0920. The highest BCUT2D eigenvalue weighted by atomic mass is 16.5. The van der Waals surface area contributed by atoms with Crippen molar-refractivity contribution in [2.45, 2.75) is 6.54 Å². The number of hydrogen-bond acceptors (Lipinski definition) is 5. The summed E-state index contributed by atoms with van der Waals surface area (Å²) >= 11 is 0. The van der Waals surface area contributed by atoms with Crippen LogP contribution in [0.2, 0.25) is 0 Å². The number of carboxylic acids is 1. The lowest BCUT2D eigenvalue weighted by Crippen LogP contribution is -2.33. The molecule has 20 heavy (non-hydrogen) atoms. The van der Waals surface area contributed by atoms with Crippen LogP contribution in [0.1, 0.15) is 15.9 Å². The van der Waals surface area contributed by atoms with Gasteiger partial charge in [-0.25, -0.2) is 14.6 Å². The Balaban J connectivity index is 2.43. The van der Waals surface area contributed by atoms with Gasteiger partial charge in [0.2, 0.25) is 5.88 Å². The van der Waals surface area contributed by atoms with Crippen LogP contribution in [0.3, 0.4) is 0 Å². The number of hydrogen-bond donors (Lipinski definition) is 2. The quantitative estimate of drug-likeness (QED) is 0.792. The zero-order valence-electron chi connectivity index (χ0n) is 10.5. The molecule has 0 aliphatic heterocycles. The lowest BCUT2D eigenvalue weighted by molar-refractivity contribution is 0.0693. The smallest absolute Gasteiger partial charge is 0.342 e. The number of rotatable bonds is 4. The Morgan fingerprint density at radius 1 is 1.50 bits per heavy atom. The van der Waals surface area contributed by atoms with E-state index in [0.29, 0.717) is 11.4 Å². The molecule has 0 radical (unpaired) electrons. The summed E-state index contributed by atoms with van der Waals surface area (Å²) in [6.07, 6.45) is 2.51. The molecule has 0 saturated carbocycles. The van der Waals surface area contributed by atoms with Crippen LogP contribution in [0, 0.1) is 0 Å². The van der Waals surface area contributed by atoms with E-state index in [4.69, 9.17) is 9.84 Å². The molecular weight excluding hydrogens is 266 g/mol. The molecule has 0 bridgehead atoms. The second-order valence-electron chi connectivity index (χ2n) is 3.94. The average Bonchev–Trinajstić information content (AvgIpc) is 2.41. The predicted molar refractivity (Wildman–Crippen MR) is 68.2 cm³/mol. The number of ether oxygens (including phenoxy) is 1. The number of nitrogens with one attached hydrogen (secondary N) is 1. The lowest BCUT2D eigenvalue weighted by Gasteiger charge is -2.07. The van der Waals surface area contributed by atoms with Gasteiger partial charge in [-0.15, -0.1) is 0 Å². The SMILES string of the molecule is COc1cc(Cn2cc(C(=O)O)c(=O)[nH]c2=O)ccn1. The van der Waals surface area contributed by atoms with Crippen molar-refractivity contribution in [1.82, 2.24) is 14.5 Å². The van der Waals surface area contributed by atoms with Gasteiger partial charge in [0.1, 0.15) is 5.56 Å². The predicted octanol–water partition coefficient (Wildman–Crippen LogP) is -0.313. The van der Waals surface area contributed by atoms with Gasteiger partial charge in [-0.3, -0.25) is 14.3 Å². The van der Waals surface area contributed by atoms with Crippen LogP contribution in [-0.4, -0.2) is 32.7 Å². The molecule has 0 atom stereocenters. The van der Waals surface area contributed by atoms with Gasteiger partial charge in [-0.2, -0.15) is 0 Å². The summed E-state index contributed by atoms with van der Waals surface area (Å²) in [6, 6.07) is 3.26. The van der Waals surface area contributed by atoms with Crippen LogP contribution in [0.5, 0.6) is 5.88 Å². The summed E-state index contributed by atoms with van der Waals surface area (Å²) in [5.41, 5.74) is -1.42. The van der Waals surface area contributed by atoms with E-state index < -0.39 is 22.8 Å². The van der Waals surface area contributed by atoms with Crippen molar-refractivity contribution in [3.05, 3.63) is 56.5 Å². The second kappa shape index (κ2) is 5.39. The van der Waals surface area contributed by atoms with Gasteiger partial charge in [0.05, 0.1) is 13.7 Å². The van der Waals surface area contributed by atoms with Crippen molar-refractivity contribution < 1.29 is 14.6 Å². The standard InChI is InChI=1S/C12H11N3O5/c1-20-9-4-7(2-3-13-9)5-15-6-8(11(17)18)10(16)14-12(15)19/h2-4,6H,5H2,1H3,(H,17,18)(H,14,16,19). The number of carboxylic acid groups (broad SMARTS) is 1.